The van der Waals surface area contributed by atoms with Crippen LogP contribution < -0.4 is 4.80 Å². The first kappa shape index (κ1) is 13.1. The van der Waals surface area contributed by atoms with Crippen LogP contribution in [0.25, 0.3) is 0 Å². The van der Waals surface area contributed by atoms with Gasteiger partial charge in [-0.05, 0) is 24.6 Å². The minimum Gasteiger partial charge on any atom is -0.294 e. The lowest BCUT2D eigenvalue weighted by Crippen LogP contribution is -2.16. The molecule has 1 aromatic heterocycles. The van der Waals surface area contributed by atoms with Gasteiger partial charge in [-0.2, -0.15) is 4.37 Å². The van der Waals surface area contributed by atoms with Crippen LogP contribution in [0.5, 0.6) is 0 Å². The molecule has 1 aliphatic rings. The zero-order valence-electron chi connectivity index (χ0n) is 10.1. The molecule has 1 atom stereocenters. The van der Waals surface area contributed by atoms with Gasteiger partial charge in [-0.1, -0.05) is 30.3 Å². The van der Waals surface area contributed by atoms with Gasteiger partial charge in [0, 0.05) is 28.3 Å². The molecule has 0 saturated carbocycles. The molecule has 0 bridgehead atoms. The Bertz CT molecular complexity index is 680. The zero-order chi connectivity index (χ0) is 13.4. The summed E-state index contributed by atoms with van der Waals surface area (Å²) in [7, 11) is 0. The number of halogens is 2. The molecule has 2 aromatic rings. The van der Waals surface area contributed by atoms with E-state index in [0.29, 0.717) is 16.0 Å². The van der Waals surface area contributed by atoms with Gasteiger partial charge in [-0.3, -0.25) is 4.57 Å². The zero-order valence-corrected chi connectivity index (χ0v) is 12.5. The summed E-state index contributed by atoms with van der Waals surface area (Å²) in [6, 6.07) is 4.50. The molecule has 1 unspecified atom stereocenters. The van der Waals surface area contributed by atoms with E-state index in [0.717, 1.165) is 22.9 Å². The Balaban J connectivity index is 2.02. The van der Waals surface area contributed by atoms with E-state index in [-0.39, 0.29) is 0 Å². The summed E-state index contributed by atoms with van der Waals surface area (Å²) < 4.78 is 20.1. The molecule has 7 heteroatoms. The van der Waals surface area contributed by atoms with Gasteiger partial charge in [0.2, 0.25) is 4.80 Å². The maximum absolute atomic E-state index is 13.7. The third-order valence-corrected chi connectivity index (χ3v) is 5.33. The fourth-order valence-corrected chi connectivity index (χ4v) is 3.99. The van der Waals surface area contributed by atoms with Gasteiger partial charge >= 0.3 is 0 Å². The van der Waals surface area contributed by atoms with Gasteiger partial charge in [0.05, 0.1) is 0 Å². The average Bonchev–Trinajstić information content (AvgIpc) is 2.93. The first-order chi connectivity index (χ1) is 9.17. The molecular weight excluding hydrogens is 305 g/mol. The fourth-order valence-electron chi connectivity index (χ4n) is 1.86. The summed E-state index contributed by atoms with van der Waals surface area (Å²) in [4.78, 5) is 5.09. The van der Waals surface area contributed by atoms with E-state index in [2.05, 4.69) is 20.9 Å². The monoisotopic (exact) mass is 315 g/mol. The average molecular weight is 316 g/mol. The van der Waals surface area contributed by atoms with E-state index in [1.807, 2.05) is 0 Å². The summed E-state index contributed by atoms with van der Waals surface area (Å²) in [5, 5.41) is 1.89. The Labute approximate surface area is 123 Å². The number of thioether (sulfide) groups is 1. The Kier molecular flexibility index (Phi) is 3.64. The van der Waals surface area contributed by atoms with Crippen molar-refractivity contribution < 1.29 is 4.39 Å². The smallest absolute Gasteiger partial charge is 0.210 e. The van der Waals surface area contributed by atoms with Crippen molar-refractivity contribution >= 4 is 40.6 Å². The Morgan fingerprint density at radius 3 is 3.16 bits per heavy atom. The quantitative estimate of drug-likeness (QED) is 0.842. The summed E-state index contributed by atoms with van der Waals surface area (Å²) in [6.07, 6.45) is 1.09. The molecule has 3 rings (SSSR count). The molecule has 3 nitrogen and oxygen atoms in total. The first-order valence-corrected chi connectivity index (χ1v) is 7.93. The van der Waals surface area contributed by atoms with Crippen LogP contribution in [0, 0.1) is 5.82 Å². The largest absolute Gasteiger partial charge is 0.294 e. The number of rotatable bonds is 2. The van der Waals surface area contributed by atoms with Crippen molar-refractivity contribution in [1.82, 2.24) is 8.94 Å². The Hall–Kier alpha value is -0.850. The predicted molar refractivity (Wildman–Crippen MR) is 76.7 cm³/mol. The summed E-state index contributed by atoms with van der Waals surface area (Å²) in [5.41, 5.74) is 0.299. The molecule has 0 saturated heterocycles. The molecule has 100 valence electrons. The van der Waals surface area contributed by atoms with Crippen molar-refractivity contribution in [2.24, 2.45) is 4.99 Å². The van der Waals surface area contributed by atoms with Crippen LogP contribution in [0.4, 0.5) is 10.1 Å². The van der Waals surface area contributed by atoms with Gasteiger partial charge < -0.3 is 0 Å². The van der Waals surface area contributed by atoms with E-state index in [1.165, 1.54) is 17.6 Å². The van der Waals surface area contributed by atoms with Gasteiger partial charge in [0.25, 0.3) is 0 Å². The molecule has 19 heavy (non-hydrogen) atoms. The summed E-state index contributed by atoms with van der Waals surface area (Å²) >= 11 is 8.79. The molecule has 0 radical (unpaired) electrons. The van der Waals surface area contributed by atoms with Crippen LogP contribution in [0.3, 0.4) is 0 Å². The maximum atomic E-state index is 13.7. The Morgan fingerprint density at radius 2 is 2.42 bits per heavy atom. The number of nitrogens with zero attached hydrogens (tertiary/aromatic N) is 3. The predicted octanol–water partition coefficient (Wildman–Crippen LogP) is 3.85. The molecule has 1 aromatic carbocycles. The summed E-state index contributed by atoms with van der Waals surface area (Å²) in [6.45, 7) is 3.05. The minimum atomic E-state index is -0.409. The van der Waals surface area contributed by atoms with Crippen LogP contribution in [0.1, 0.15) is 13.3 Å². The number of hydrogen-bond acceptors (Lipinski definition) is 4. The molecule has 1 aliphatic heterocycles. The summed E-state index contributed by atoms with van der Waals surface area (Å²) in [5.74, 6) is -0.409. The standard InChI is InChI=1S/C12H11ClFN3S2/c1-2-8-6-17-11(19-16-12(17)18-8)15-10-4-3-7(13)5-9(10)14/h3-5,8H,2,6H2,1H3. The second kappa shape index (κ2) is 5.26. The van der Waals surface area contributed by atoms with Crippen molar-refractivity contribution in [1.29, 1.82) is 0 Å². The van der Waals surface area contributed by atoms with E-state index in [9.17, 15) is 4.39 Å². The van der Waals surface area contributed by atoms with Gasteiger partial charge in [-0.25, -0.2) is 9.38 Å². The lowest BCUT2D eigenvalue weighted by Gasteiger charge is -2.01. The second-order valence-electron chi connectivity index (χ2n) is 4.21. The van der Waals surface area contributed by atoms with Gasteiger partial charge in [0.15, 0.2) is 5.16 Å². The minimum absolute atomic E-state index is 0.299. The molecule has 0 aliphatic carbocycles. The SMILES string of the molecule is CCC1Cn2c(nsc2=Nc2ccc(Cl)cc2F)S1. The molecule has 2 heterocycles. The molecule has 0 spiro atoms. The van der Waals surface area contributed by atoms with E-state index >= 15 is 0 Å². The van der Waals surface area contributed by atoms with Crippen LogP contribution >= 0.6 is 34.9 Å². The maximum Gasteiger partial charge on any atom is 0.210 e. The van der Waals surface area contributed by atoms with Crippen molar-refractivity contribution in [3.8, 4) is 0 Å². The van der Waals surface area contributed by atoms with E-state index in [1.54, 1.807) is 23.9 Å². The third kappa shape index (κ3) is 2.57. The highest BCUT2D eigenvalue weighted by atomic mass is 35.5. The molecule has 0 fully saturated rings. The van der Waals surface area contributed by atoms with Crippen molar-refractivity contribution in [2.75, 3.05) is 0 Å². The van der Waals surface area contributed by atoms with Gasteiger partial charge in [0.1, 0.15) is 11.5 Å². The number of benzene rings is 1. The topological polar surface area (TPSA) is 30.2 Å². The number of fused-ring (bicyclic) bond motifs is 1. The number of hydrogen-bond donors (Lipinski definition) is 0. The van der Waals surface area contributed by atoms with Crippen molar-refractivity contribution in [3.63, 3.8) is 0 Å². The van der Waals surface area contributed by atoms with Gasteiger partial charge in [-0.15, -0.1) is 0 Å². The molecule has 0 N–H and O–H groups in total. The van der Waals surface area contributed by atoms with Crippen molar-refractivity contribution in [2.45, 2.75) is 30.3 Å². The fraction of sp³-hybridized carbons (Fsp3) is 0.333. The van der Waals surface area contributed by atoms with Crippen LogP contribution in [0.2, 0.25) is 5.02 Å². The molecular formula is C12H11ClFN3S2. The second-order valence-corrected chi connectivity index (χ2v) is 6.65. The van der Waals surface area contributed by atoms with E-state index in [4.69, 9.17) is 11.6 Å². The van der Waals surface area contributed by atoms with Crippen molar-refractivity contribution in [3.05, 3.63) is 33.8 Å². The highest BCUT2D eigenvalue weighted by Gasteiger charge is 2.23. The van der Waals surface area contributed by atoms with Crippen LogP contribution in [0.15, 0.2) is 28.3 Å². The highest BCUT2D eigenvalue weighted by Crippen LogP contribution is 2.31. The highest BCUT2D eigenvalue weighted by molar-refractivity contribution is 8.00. The third-order valence-electron chi connectivity index (χ3n) is 2.91. The van der Waals surface area contributed by atoms with Crippen LogP contribution in [-0.4, -0.2) is 14.2 Å². The molecule has 0 amide bonds. The van der Waals surface area contributed by atoms with Crippen LogP contribution in [-0.2, 0) is 6.54 Å². The number of aromatic nitrogens is 2. The lowest BCUT2D eigenvalue weighted by atomic mass is 10.3. The normalized spacial score (nSPS) is 18.9. The van der Waals surface area contributed by atoms with E-state index < -0.39 is 5.82 Å². The Morgan fingerprint density at radius 1 is 1.58 bits per heavy atom. The first-order valence-electron chi connectivity index (χ1n) is 5.90. The lowest BCUT2D eigenvalue weighted by molar-refractivity contribution is 0.609.